The lowest BCUT2D eigenvalue weighted by Crippen LogP contribution is -2.35. The summed E-state index contributed by atoms with van der Waals surface area (Å²) in [4.78, 5) is 2.17. The fraction of sp³-hybridized carbons (Fsp3) is 0.600. The van der Waals surface area contributed by atoms with E-state index in [0.29, 0.717) is 18.4 Å². The first-order chi connectivity index (χ1) is 7.29. The van der Waals surface area contributed by atoms with Crippen LogP contribution in [0.4, 0.5) is 5.82 Å². The molecule has 0 aliphatic carbocycles. The lowest BCUT2D eigenvalue weighted by atomic mass is 10.1. The van der Waals surface area contributed by atoms with Gasteiger partial charge in [0.15, 0.2) is 0 Å². The van der Waals surface area contributed by atoms with Crippen LogP contribution >= 0.6 is 0 Å². The summed E-state index contributed by atoms with van der Waals surface area (Å²) >= 11 is 0. The zero-order valence-electron chi connectivity index (χ0n) is 8.63. The molecule has 1 saturated heterocycles. The third kappa shape index (κ3) is 2.28. The zero-order chi connectivity index (χ0) is 10.7. The summed E-state index contributed by atoms with van der Waals surface area (Å²) in [7, 11) is 0. The highest BCUT2D eigenvalue weighted by Gasteiger charge is 2.20. The second kappa shape index (κ2) is 4.32. The molecule has 0 radical (unpaired) electrons. The average molecular weight is 205 g/mol. The van der Waals surface area contributed by atoms with Crippen LogP contribution in [0.1, 0.15) is 18.9 Å². The van der Waals surface area contributed by atoms with Crippen LogP contribution in [0, 0.1) is 11.3 Å². The average Bonchev–Trinajstić information content (AvgIpc) is 2.67. The molecule has 1 aliphatic heterocycles. The molecule has 0 unspecified atom stereocenters. The van der Waals surface area contributed by atoms with Gasteiger partial charge in [-0.15, -0.1) is 0 Å². The van der Waals surface area contributed by atoms with Crippen LogP contribution in [0.3, 0.4) is 0 Å². The van der Waals surface area contributed by atoms with E-state index in [2.05, 4.69) is 16.1 Å². The summed E-state index contributed by atoms with van der Waals surface area (Å²) < 4.78 is 1.94. The molecule has 80 valence electrons. The van der Waals surface area contributed by atoms with Gasteiger partial charge < -0.3 is 5.73 Å². The van der Waals surface area contributed by atoms with Gasteiger partial charge in [0, 0.05) is 19.3 Å². The van der Waals surface area contributed by atoms with Crippen molar-refractivity contribution in [3.63, 3.8) is 0 Å². The maximum atomic E-state index is 8.58. The summed E-state index contributed by atoms with van der Waals surface area (Å²) in [6.07, 6.45) is 4.02. The lowest BCUT2D eigenvalue weighted by molar-refractivity contribution is 0.197. The summed E-state index contributed by atoms with van der Waals surface area (Å²) in [5, 5.41) is 12.8. The van der Waals surface area contributed by atoms with Gasteiger partial charge in [0.25, 0.3) is 0 Å². The Bertz CT molecular complexity index is 356. The van der Waals surface area contributed by atoms with Crippen LogP contribution in [0.15, 0.2) is 12.3 Å². The van der Waals surface area contributed by atoms with Crippen molar-refractivity contribution in [1.29, 1.82) is 5.26 Å². The molecule has 0 atom stereocenters. The SMILES string of the molecule is N#CCN1CCC(n2ccc(N)n2)CC1. The van der Waals surface area contributed by atoms with E-state index in [1.54, 1.807) is 0 Å². The Morgan fingerprint density at radius 2 is 2.27 bits per heavy atom. The molecule has 5 heteroatoms. The minimum Gasteiger partial charge on any atom is -0.382 e. The van der Waals surface area contributed by atoms with Crippen LogP contribution in [-0.2, 0) is 0 Å². The van der Waals surface area contributed by atoms with Gasteiger partial charge in [0.1, 0.15) is 5.82 Å². The van der Waals surface area contributed by atoms with E-state index < -0.39 is 0 Å². The highest BCUT2D eigenvalue weighted by molar-refractivity contribution is 5.24. The molecule has 0 spiro atoms. The highest BCUT2D eigenvalue weighted by Crippen LogP contribution is 2.21. The Morgan fingerprint density at radius 3 is 2.80 bits per heavy atom. The molecule has 5 nitrogen and oxygen atoms in total. The molecular formula is C10H15N5. The molecule has 15 heavy (non-hydrogen) atoms. The Morgan fingerprint density at radius 1 is 1.53 bits per heavy atom. The summed E-state index contributed by atoms with van der Waals surface area (Å²) in [6, 6.07) is 4.44. The van der Waals surface area contributed by atoms with Gasteiger partial charge in [-0.2, -0.15) is 10.4 Å². The number of hydrogen-bond acceptors (Lipinski definition) is 4. The minimum atomic E-state index is 0.442. The van der Waals surface area contributed by atoms with E-state index >= 15 is 0 Å². The van der Waals surface area contributed by atoms with Crippen molar-refractivity contribution in [2.45, 2.75) is 18.9 Å². The third-order valence-corrected chi connectivity index (χ3v) is 2.85. The largest absolute Gasteiger partial charge is 0.382 e. The number of nitrogen functional groups attached to an aromatic ring is 1. The number of nitrogens with zero attached hydrogens (tertiary/aromatic N) is 4. The van der Waals surface area contributed by atoms with Crippen LogP contribution in [-0.4, -0.2) is 34.3 Å². The predicted molar refractivity (Wildman–Crippen MR) is 57.0 cm³/mol. The standard InChI is InChI=1S/C10H15N5/c11-4-8-14-5-1-9(2-6-14)15-7-3-10(12)13-15/h3,7,9H,1-2,5-6,8H2,(H2,12,13). The van der Waals surface area contributed by atoms with Crippen LogP contribution in [0.25, 0.3) is 0 Å². The van der Waals surface area contributed by atoms with Crippen LogP contribution < -0.4 is 5.73 Å². The Hall–Kier alpha value is -1.54. The number of hydrogen-bond donors (Lipinski definition) is 1. The van der Waals surface area contributed by atoms with Gasteiger partial charge in [-0.1, -0.05) is 0 Å². The van der Waals surface area contributed by atoms with E-state index in [1.807, 2.05) is 16.9 Å². The minimum absolute atomic E-state index is 0.442. The monoisotopic (exact) mass is 205 g/mol. The molecule has 1 aromatic rings. The molecular weight excluding hydrogens is 190 g/mol. The van der Waals surface area contributed by atoms with Crippen molar-refractivity contribution in [1.82, 2.24) is 14.7 Å². The number of rotatable bonds is 2. The van der Waals surface area contributed by atoms with Crippen molar-refractivity contribution in [3.8, 4) is 6.07 Å². The third-order valence-electron chi connectivity index (χ3n) is 2.85. The molecule has 0 aromatic carbocycles. The number of nitriles is 1. The Labute approximate surface area is 89.1 Å². The summed E-state index contributed by atoms with van der Waals surface area (Å²) in [5.74, 6) is 0.578. The van der Waals surface area contributed by atoms with Crippen LogP contribution in [0.2, 0.25) is 0 Å². The molecule has 0 amide bonds. The molecule has 1 fully saturated rings. The lowest BCUT2D eigenvalue weighted by Gasteiger charge is -2.30. The first kappa shape index (κ1) is 9.99. The number of likely N-dealkylation sites (tertiary alicyclic amines) is 1. The number of aromatic nitrogens is 2. The van der Waals surface area contributed by atoms with E-state index in [4.69, 9.17) is 11.0 Å². The first-order valence-electron chi connectivity index (χ1n) is 5.19. The van der Waals surface area contributed by atoms with Gasteiger partial charge in [-0.05, 0) is 18.9 Å². The zero-order valence-corrected chi connectivity index (χ0v) is 8.63. The predicted octanol–water partition coefficient (Wildman–Crippen LogP) is 0.626. The number of piperidine rings is 1. The molecule has 2 heterocycles. The quantitative estimate of drug-likeness (QED) is 0.719. The Balaban J connectivity index is 1.91. The normalized spacial score (nSPS) is 18.9. The molecule has 1 aromatic heterocycles. The Kier molecular flexibility index (Phi) is 2.88. The van der Waals surface area contributed by atoms with Crippen molar-refractivity contribution < 1.29 is 0 Å². The number of nitrogens with two attached hydrogens (primary N) is 1. The highest BCUT2D eigenvalue weighted by atomic mass is 15.3. The van der Waals surface area contributed by atoms with E-state index in [0.717, 1.165) is 25.9 Å². The van der Waals surface area contributed by atoms with Gasteiger partial charge in [-0.3, -0.25) is 9.58 Å². The van der Waals surface area contributed by atoms with E-state index in [-0.39, 0.29) is 0 Å². The first-order valence-corrected chi connectivity index (χ1v) is 5.19. The van der Waals surface area contributed by atoms with Gasteiger partial charge in [0.05, 0.1) is 18.7 Å². The topological polar surface area (TPSA) is 70.9 Å². The second-order valence-corrected chi connectivity index (χ2v) is 3.89. The molecule has 1 aliphatic rings. The molecule has 2 N–H and O–H groups in total. The summed E-state index contributed by atoms with van der Waals surface area (Å²) in [5.41, 5.74) is 5.57. The van der Waals surface area contributed by atoms with Crippen LogP contribution in [0.5, 0.6) is 0 Å². The number of anilines is 1. The maximum Gasteiger partial charge on any atom is 0.145 e. The van der Waals surface area contributed by atoms with E-state index in [1.165, 1.54) is 0 Å². The van der Waals surface area contributed by atoms with Gasteiger partial charge in [-0.25, -0.2) is 0 Å². The molecule has 0 bridgehead atoms. The van der Waals surface area contributed by atoms with Crippen molar-refractivity contribution >= 4 is 5.82 Å². The van der Waals surface area contributed by atoms with Crippen molar-refractivity contribution in [2.75, 3.05) is 25.4 Å². The summed E-state index contributed by atoms with van der Waals surface area (Å²) in [6.45, 7) is 2.48. The van der Waals surface area contributed by atoms with Crippen molar-refractivity contribution in [2.24, 2.45) is 0 Å². The maximum absolute atomic E-state index is 8.58. The fourth-order valence-corrected chi connectivity index (χ4v) is 2.00. The van der Waals surface area contributed by atoms with Gasteiger partial charge in [0.2, 0.25) is 0 Å². The second-order valence-electron chi connectivity index (χ2n) is 3.89. The van der Waals surface area contributed by atoms with E-state index in [9.17, 15) is 0 Å². The van der Waals surface area contributed by atoms with Gasteiger partial charge >= 0.3 is 0 Å². The van der Waals surface area contributed by atoms with Crippen molar-refractivity contribution in [3.05, 3.63) is 12.3 Å². The fourth-order valence-electron chi connectivity index (χ4n) is 2.00. The molecule has 2 rings (SSSR count). The molecule has 0 saturated carbocycles. The smallest absolute Gasteiger partial charge is 0.145 e.